The maximum atomic E-state index is 8.99. The van der Waals surface area contributed by atoms with Gasteiger partial charge in [0.2, 0.25) is 0 Å². The van der Waals surface area contributed by atoms with Gasteiger partial charge >= 0.3 is 0 Å². The summed E-state index contributed by atoms with van der Waals surface area (Å²) >= 11 is 0. The van der Waals surface area contributed by atoms with E-state index in [1.54, 1.807) is 0 Å². The minimum atomic E-state index is -0.0382. The lowest BCUT2D eigenvalue weighted by molar-refractivity contribution is 0.301. The van der Waals surface area contributed by atoms with Gasteiger partial charge in [0.1, 0.15) is 5.84 Å². The quantitative estimate of drug-likeness (QED) is 0.378. The van der Waals surface area contributed by atoms with Crippen molar-refractivity contribution in [3.05, 3.63) is 35.9 Å². The van der Waals surface area contributed by atoms with Crippen LogP contribution in [0.4, 0.5) is 0 Å². The normalized spacial score (nSPS) is 26.5. The molecule has 4 heteroatoms. The van der Waals surface area contributed by atoms with E-state index < -0.39 is 0 Å². The van der Waals surface area contributed by atoms with Crippen LogP contribution in [-0.2, 0) is 0 Å². The molecule has 0 aromatic heterocycles. The molecule has 1 heterocycles. The van der Waals surface area contributed by atoms with E-state index in [2.05, 4.69) is 23.9 Å². The first-order valence-corrected chi connectivity index (χ1v) is 6.86. The lowest BCUT2D eigenvalue weighted by Crippen LogP contribution is -2.34. The van der Waals surface area contributed by atoms with Crippen LogP contribution in [0.2, 0.25) is 0 Å². The Balaban J connectivity index is 2.12. The standard InChI is InChI=1S/C15H23N3O/c1-11-8-18(9-12(11)2)10-14(15(16)17-19)13-6-4-3-5-7-13/h3-7,11-12,14,19H,8-10H2,1-2H3,(H2,16,17). The van der Waals surface area contributed by atoms with Crippen LogP contribution in [0, 0.1) is 11.8 Å². The molecule has 0 amide bonds. The van der Waals surface area contributed by atoms with Crippen LogP contribution in [0.25, 0.3) is 0 Å². The molecule has 0 aliphatic carbocycles. The zero-order chi connectivity index (χ0) is 13.8. The van der Waals surface area contributed by atoms with Gasteiger partial charge in [-0.3, -0.25) is 0 Å². The first-order chi connectivity index (χ1) is 9.11. The number of amidine groups is 1. The second-order valence-corrected chi connectivity index (χ2v) is 5.66. The first-order valence-electron chi connectivity index (χ1n) is 6.86. The van der Waals surface area contributed by atoms with Crippen molar-refractivity contribution in [3.8, 4) is 0 Å². The molecule has 4 nitrogen and oxygen atoms in total. The molecule has 104 valence electrons. The number of oxime groups is 1. The van der Waals surface area contributed by atoms with Crippen molar-refractivity contribution in [2.24, 2.45) is 22.7 Å². The molecule has 1 aromatic rings. The SMILES string of the molecule is CC1CN(CC(C(N)=NO)c2ccccc2)CC1C. The Morgan fingerprint density at radius 1 is 1.32 bits per heavy atom. The summed E-state index contributed by atoms with van der Waals surface area (Å²) in [5, 5.41) is 12.2. The average molecular weight is 261 g/mol. The van der Waals surface area contributed by atoms with Gasteiger partial charge in [0.25, 0.3) is 0 Å². The number of nitrogens with zero attached hydrogens (tertiary/aromatic N) is 2. The van der Waals surface area contributed by atoms with Gasteiger partial charge in [-0.15, -0.1) is 0 Å². The molecule has 19 heavy (non-hydrogen) atoms. The molecule has 0 spiro atoms. The molecule has 0 radical (unpaired) electrons. The summed E-state index contributed by atoms with van der Waals surface area (Å²) in [5.74, 6) is 1.68. The highest BCUT2D eigenvalue weighted by atomic mass is 16.4. The summed E-state index contributed by atoms with van der Waals surface area (Å²) < 4.78 is 0. The Labute approximate surface area is 114 Å². The molecule has 1 fully saturated rings. The molecule has 3 unspecified atom stereocenters. The number of likely N-dealkylation sites (tertiary alicyclic amines) is 1. The molecule has 1 aliphatic heterocycles. The van der Waals surface area contributed by atoms with Crippen LogP contribution in [0.5, 0.6) is 0 Å². The van der Waals surface area contributed by atoms with Crippen molar-refractivity contribution < 1.29 is 5.21 Å². The van der Waals surface area contributed by atoms with Crippen molar-refractivity contribution in [1.29, 1.82) is 0 Å². The monoisotopic (exact) mass is 261 g/mol. The van der Waals surface area contributed by atoms with Crippen molar-refractivity contribution in [2.75, 3.05) is 19.6 Å². The fraction of sp³-hybridized carbons (Fsp3) is 0.533. The van der Waals surface area contributed by atoms with Crippen molar-refractivity contribution >= 4 is 5.84 Å². The van der Waals surface area contributed by atoms with E-state index >= 15 is 0 Å². The third-order valence-corrected chi connectivity index (χ3v) is 4.18. The Hall–Kier alpha value is -1.55. The van der Waals surface area contributed by atoms with E-state index in [-0.39, 0.29) is 5.92 Å². The van der Waals surface area contributed by atoms with Crippen LogP contribution < -0.4 is 5.73 Å². The van der Waals surface area contributed by atoms with E-state index in [9.17, 15) is 0 Å². The number of benzene rings is 1. The molecular formula is C15H23N3O. The van der Waals surface area contributed by atoms with Crippen LogP contribution >= 0.6 is 0 Å². The van der Waals surface area contributed by atoms with Crippen LogP contribution in [0.1, 0.15) is 25.3 Å². The molecule has 2 rings (SSSR count). The first kappa shape index (κ1) is 13.9. The molecule has 0 saturated carbocycles. The van der Waals surface area contributed by atoms with E-state index in [0.717, 1.165) is 25.2 Å². The Bertz CT molecular complexity index is 422. The summed E-state index contributed by atoms with van der Waals surface area (Å²) in [6.07, 6.45) is 0. The second-order valence-electron chi connectivity index (χ2n) is 5.66. The van der Waals surface area contributed by atoms with E-state index in [1.807, 2.05) is 30.3 Å². The van der Waals surface area contributed by atoms with Crippen molar-refractivity contribution in [2.45, 2.75) is 19.8 Å². The Morgan fingerprint density at radius 2 is 1.89 bits per heavy atom. The summed E-state index contributed by atoms with van der Waals surface area (Å²) in [5.41, 5.74) is 6.97. The number of nitrogens with two attached hydrogens (primary N) is 1. The zero-order valence-electron chi connectivity index (χ0n) is 11.7. The van der Waals surface area contributed by atoms with Gasteiger partial charge < -0.3 is 15.8 Å². The van der Waals surface area contributed by atoms with Crippen LogP contribution in [0.15, 0.2) is 35.5 Å². The molecule has 1 saturated heterocycles. The van der Waals surface area contributed by atoms with E-state index in [0.29, 0.717) is 17.7 Å². The molecular weight excluding hydrogens is 238 g/mol. The highest BCUT2D eigenvalue weighted by Gasteiger charge is 2.29. The van der Waals surface area contributed by atoms with Gasteiger partial charge in [-0.25, -0.2) is 0 Å². The lowest BCUT2D eigenvalue weighted by atomic mass is 9.97. The summed E-state index contributed by atoms with van der Waals surface area (Å²) in [6.45, 7) is 7.55. The largest absolute Gasteiger partial charge is 0.409 e. The zero-order valence-corrected chi connectivity index (χ0v) is 11.7. The second kappa shape index (κ2) is 6.06. The van der Waals surface area contributed by atoms with Crippen LogP contribution in [-0.4, -0.2) is 35.6 Å². The molecule has 1 aromatic carbocycles. The third-order valence-electron chi connectivity index (χ3n) is 4.18. The van der Waals surface area contributed by atoms with Gasteiger partial charge in [0.05, 0.1) is 5.92 Å². The summed E-state index contributed by atoms with van der Waals surface area (Å²) in [7, 11) is 0. The topological polar surface area (TPSA) is 61.8 Å². The average Bonchev–Trinajstić information content (AvgIpc) is 2.75. The smallest absolute Gasteiger partial charge is 0.147 e. The van der Waals surface area contributed by atoms with Crippen molar-refractivity contribution in [1.82, 2.24) is 4.90 Å². The van der Waals surface area contributed by atoms with Gasteiger partial charge in [0.15, 0.2) is 0 Å². The van der Waals surface area contributed by atoms with Gasteiger partial charge in [-0.05, 0) is 17.4 Å². The molecule has 0 bridgehead atoms. The predicted octanol–water partition coefficient (Wildman–Crippen LogP) is 2.10. The van der Waals surface area contributed by atoms with Gasteiger partial charge in [-0.1, -0.05) is 49.3 Å². The summed E-state index contributed by atoms with van der Waals surface area (Å²) in [4.78, 5) is 2.41. The molecule has 3 atom stereocenters. The fourth-order valence-corrected chi connectivity index (χ4v) is 2.78. The third kappa shape index (κ3) is 3.26. The lowest BCUT2D eigenvalue weighted by Gasteiger charge is -2.23. The van der Waals surface area contributed by atoms with E-state index in [1.165, 1.54) is 0 Å². The van der Waals surface area contributed by atoms with E-state index in [4.69, 9.17) is 10.9 Å². The Kier molecular flexibility index (Phi) is 4.43. The predicted molar refractivity (Wildman–Crippen MR) is 77.4 cm³/mol. The maximum Gasteiger partial charge on any atom is 0.147 e. The maximum absolute atomic E-state index is 8.99. The molecule has 1 aliphatic rings. The van der Waals surface area contributed by atoms with Crippen molar-refractivity contribution in [3.63, 3.8) is 0 Å². The van der Waals surface area contributed by atoms with Gasteiger partial charge in [0, 0.05) is 19.6 Å². The fourth-order valence-electron chi connectivity index (χ4n) is 2.78. The minimum Gasteiger partial charge on any atom is -0.409 e. The highest BCUT2D eigenvalue weighted by molar-refractivity contribution is 5.87. The number of hydrogen-bond donors (Lipinski definition) is 2. The molecule has 3 N–H and O–H groups in total. The van der Waals surface area contributed by atoms with Gasteiger partial charge in [-0.2, -0.15) is 0 Å². The number of rotatable bonds is 4. The summed E-state index contributed by atoms with van der Waals surface area (Å²) in [6, 6.07) is 10.0. The minimum absolute atomic E-state index is 0.0382. The highest BCUT2D eigenvalue weighted by Crippen LogP contribution is 2.25. The Morgan fingerprint density at radius 3 is 2.42 bits per heavy atom. The van der Waals surface area contributed by atoms with Crippen LogP contribution in [0.3, 0.4) is 0 Å². The number of hydrogen-bond acceptors (Lipinski definition) is 3.